The Kier molecular flexibility index (Phi) is 5.19. The third-order valence-electron chi connectivity index (χ3n) is 2.45. The molecule has 2 heterocycles. The topological polar surface area (TPSA) is 124 Å². The average molecular weight is 316 g/mol. The summed E-state index contributed by atoms with van der Waals surface area (Å²) in [5, 5.41) is 0. The summed E-state index contributed by atoms with van der Waals surface area (Å²) in [6.45, 7) is 0.322. The highest BCUT2D eigenvalue weighted by atomic mass is 32.2. The van der Waals surface area contributed by atoms with Gasteiger partial charge in [0.15, 0.2) is 0 Å². The van der Waals surface area contributed by atoms with Crippen molar-refractivity contribution in [3.05, 3.63) is 0 Å². The van der Waals surface area contributed by atoms with Crippen molar-refractivity contribution in [1.29, 1.82) is 0 Å². The highest BCUT2D eigenvalue weighted by Crippen LogP contribution is 2.28. The molecule has 0 radical (unpaired) electrons. The van der Waals surface area contributed by atoms with Gasteiger partial charge in [-0.3, -0.25) is 8.20 Å². The molecule has 0 aliphatic carbocycles. The van der Waals surface area contributed by atoms with E-state index in [-0.39, 0.29) is 26.4 Å². The molecule has 10 nitrogen and oxygen atoms in total. The van der Waals surface area contributed by atoms with E-state index in [0.29, 0.717) is 0 Å². The third-order valence-corrected chi connectivity index (χ3v) is 3.14. The maximum atomic E-state index is 10.3. The molecule has 0 saturated carbocycles. The minimum atomic E-state index is -3.07. The van der Waals surface area contributed by atoms with Crippen LogP contribution in [0, 0.1) is 5.41 Å². The lowest BCUT2D eigenvalue weighted by Crippen LogP contribution is -2.55. The zero-order valence-electron chi connectivity index (χ0n) is 9.46. The Labute approximate surface area is 112 Å². The van der Waals surface area contributed by atoms with Gasteiger partial charge in [-0.25, -0.2) is 16.8 Å². The van der Waals surface area contributed by atoms with Crippen LogP contribution in [0.2, 0.25) is 0 Å². The van der Waals surface area contributed by atoms with Crippen LogP contribution in [-0.4, -0.2) is 57.9 Å². The van der Waals surface area contributed by atoms with E-state index in [1.165, 1.54) is 0 Å². The highest BCUT2D eigenvalue weighted by molar-refractivity contribution is 7.68. The second-order valence-electron chi connectivity index (χ2n) is 3.98. The van der Waals surface area contributed by atoms with Crippen LogP contribution in [0.3, 0.4) is 0 Å². The number of hydrogen-bond acceptors (Lipinski definition) is 10. The summed E-state index contributed by atoms with van der Waals surface area (Å²) in [6, 6.07) is 0. The van der Waals surface area contributed by atoms with Crippen molar-refractivity contribution in [2.75, 3.05) is 26.4 Å². The lowest BCUT2D eigenvalue weighted by molar-refractivity contribution is -0.103. The molecule has 2 fully saturated rings. The van der Waals surface area contributed by atoms with E-state index >= 15 is 0 Å². The van der Waals surface area contributed by atoms with Crippen LogP contribution in [0.25, 0.3) is 0 Å². The summed E-state index contributed by atoms with van der Waals surface area (Å²) >= 11 is 0. The summed E-state index contributed by atoms with van der Waals surface area (Å²) in [6.07, 6.45) is 0. The number of rotatable bonds is 4. The average Bonchev–Trinajstić information content (AvgIpc) is 2.34. The molecule has 108 valence electrons. The standard InChI is InChI=1S/C5H10B2O10S2/c8-18(9)16-6-12-1-5(2-13-6)3-14-7(15-4-5)17-19(10)11/h18-19H,1-4H2. The maximum absolute atomic E-state index is 10.3. The predicted molar refractivity (Wildman–Crippen MR) is 60.5 cm³/mol. The van der Waals surface area contributed by atoms with Crippen LogP contribution in [0.1, 0.15) is 0 Å². The molecule has 14 heteroatoms. The summed E-state index contributed by atoms with van der Waals surface area (Å²) in [7, 11) is -8.70. The molecule has 0 atom stereocenters. The van der Waals surface area contributed by atoms with Crippen molar-refractivity contribution in [1.82, 2.24) is 0 Å². The fourth-order valence-electron chi connectivity index (χ4n) is 1.59. The maximum Gasteiger partial charge on any atom is 0.654 e. The first-order valence-electron chi connectivity index (χ1n) is 5.08. The molecule has 2 aliphatic rings. The smallest absolute Gasteiger partial charge is 0.384 e. The largest absolute Gasteiger partial charge is 0.654 e. The predicted octanol–water partition coefficient (Wildman–Crippen LogP) is -2.88. The van der Waals surface area contributed by atoms with Gasteiger partial charge in [-0.1, -0.05) is 0 Å². The molecule has 0 aromatic heterocycles. The molecular formula is C5H10B2O10S2. The Bertz CT molecular complexity index is 385. The van der Waals surface area contributed by atoms with Gasteiger partial charge in [0, 0.05) is 26.4 Å². The normalized spacial score (nSPS) is 23.5. The van der Waals surface area contributed by atoms with Gasteiger partial charge in [-0.2, -0.15) is 0 Å². The molecule has 0 amide bonds. The van der Waals surface area contributed by atoms with Crippen LogP contribution in [0.4, 0.5) is 0 Å². The molecule has 2 saturated heterocycles. The zero-order valence-corrected chi connectivity index (χ0v) is 11.2. The van der Waals surface area contributed by atoms with Gasteiger partial charge < -0.3 is 18.6 Å². The van der Waals surface area contributed by atoms with Gasteiger partial charge in [0.25, 0.3) is 0 Å². The Balaban J connectivity index is 1.81. The van der Waals surface area contributed by atoms with Crippen LogP contribution in [-0.2, 0) is 48.8 Å². The number of thiol groups is 2. The fraction of sp³-hybridized carbons (Fsp3) is 1.00. The highest BCUT2D eigenvalue weighted by Gasteiger charge is 2.47. The van der Waals surface area contributed by atoms with E-state index in [1.54, 1.807) is 0 Å². The Morgan fingerprint density at radius 2 is 1.05 bits per heavy atom. The summed E-state index contributed by atoms with van der Waals surface area (Å²) in [4.78, 5) is 0. The van der Waals surface area contributed by atoms with Gasteiger partial charge in [-0.05, 0) is 0 Å². The molecule has 0 aromatic rings. The van der Waals surface area contributed by atoms with Gasteiger partial charge in [-0.15, -0.1) is 0 Å². The van der Waals surface area contributed by atoms with Crippen LogP contribution >= 0.6 is 0 Å². The minimum absolute atomic E-state index is 0.0804. The van der Waals surface area contributed by atoms with Crippen molar-refractivity contribution in [3.8, 4) is 0 Å². The first-order chi connectivity index (χ1) is 8.99. The molecular weight excluding hydrogens is 306 g/mol. The first kappa shape index (κ1) is 15.2. The van der Waals surface area contributed by atoms with Gasteiger partial charge >= 0.3 is 14.6 Å². The summed E-state index contributed by atoms with van der Waals surface area (Å²) in [5.74, 6) is 0. The second kappa shape index (κ2) is 6.49. The molecule has 1 spiro atoms. The monoisotopic (exact) mass is 316 g/mol. The quantitative estimate of drug-likeness (QED) is 0.413. The van der Waals surface area contributed by atoms with Crippen molar-refractivity contribution < 1.29 is 43.7 Å². The van der Waals surface area contributed by atoms with Crippen LogP contribution in [0.5, 0.6) is 0 Å². The van der Waals surface area contributed by atoms with Crippen LogP contribution < -0.4 is 0 Å². The molecule has 2 rings (SSSR count). The molecule has 0 N–H and O–H groups in total. The summed E-state index contributed by atoms with van der Waals surface area (Å²) in [5.41, 5.74) is -0.650. The first-order valence-corrected chi connectivity index (χ1v) is 7.27. The summed E-state index contributed by atoms with van der Waals surface area (Å²) < 4.78 is 70.1. The third kappa shape index (κ3) is 4.39. The van der Waals surface area contributed by atoms with Crippen molar-refractivity contribution in [2.24, 2.45) is 5.41 Å². The second-order valence-corrected chi connectivity index (χ2v) is 5.30. The Morgan fingerprint density at radius 1 is 0.737 bits per heavy atom. The lowest BCUT2D eigenvalue weighted by atomic mass is 9.87. The van der Waals surface area contributed by atoms with Gasteiger partial charge in [0.2, 0.25) is 22.0 Å². The Hall–Kier alpha value is -0.210. The van der Waals surface area contributed by atoms with E-state index in [0.717, 1.165) is 0 Å². The molecule has 19 heavy (non-hydrogen) atoms. The van der Waals surface area contributed by atoms with Crippen molar-refractivity contribution in [2.45, 2.75) is 0 Å². The molecule has 0 unspecified atom stereocenters. The zero-order chi connectivity index (χ0) is 13.9. The number of hydrogen-bond donors (Lipinski definition) is 2. The van der Waals surface area contributed by atoms with E-state index in [2.05, 4.69) is 8.20 Å². The van der Waals surface area contributed by atoms with Gasteiger partial charge in [0.05, 0.1) is 5.41 Å². The van der Waals surface area contributed by atoms with E-state index in [9.17, 15) is 16.8 Å². The van der Waals surface area contributed by atoms with Gasteiger partial charge in [0.1, 0.15) is 0 Å². The van der Waals surface area contributed by atoms with Crippen LogP contribution in [0.15, 0.2) is 0 Å². The van der Waals surface area contributed by atoms with Crippen molar-refractivity contribution in [3.63, 3.8) is 0 Å². The Morgan fingerprint density at radius 3 is 1.32 bits per heavy atom. The molecule has 0 aromatic carbocycles. The minimum Gasteiger partial charge on any atom is -0.384 e. The van der Waals surface area contributed by atoms with E-state index < -0.39 is 42.0 Å². The lowest BCUT2D eigenvalue weighted by Gasteiger charge is -2.40. The molecule has 2 aliphatic heterocycles. The van der Waals surface area contributed by atoms with Crippen molar-refractivity contribution >= 4 is 36.6 Å². The van der Waals surface area contributed by atoms with E-state index in [1.807, 2.05) is 0 Å². The van der Waals surface area contributed by atoms with E-state index in [4.69, 9.17) is 18.6 Å². The SMILES string of the molecule is O=[SH](=O)OB1OCC2(CO1)COB(O[SH](=O)=O)OC2. The fourth-order valence-corrected chi connectivity index (χ4v) is 2.11. The molecule has 0 bridgehead atoms.